The zero-order valence-electron chi connectivity index (χ0n) is 13.4. The summed E-state index contributed by atoms with van der Waals surface area (Å²) in [6, 6.07) is 6.12. The van der Waals surface area contributed by atoms with Gasteiger partial charge in [-0.05, 0) is 50.8 Å². The first-order valence-corrected chi connectivity index (χ1v) is 9.68. The van der Waals surface area contributed by atoms with Crippen molar-refractivity contribution in [2.75, 3.05) is 18.6 Å². The number of hydrogen-bond acceptors (Lipinski definition) is 3. The Hall–Kier alpha value is -0.870. The molecule has 1 saturated carbocycles. The van der Waals surface area contributed by atoms with Gasteiger partial charge < -0.3 is 5.32 Å². The maximum absolute atomic E-state index is 12.5. The lowest BCUT2D eigenvalue weighted by atomic mass is 10.0. The van der Waals surface area contributed by atoms with Crippen molar-refractivity contribution in [1.82, 2.24) is 5.32 Å². The van der Waals surface area contributed by atoms with Crippen LogP contribution in [0.15, 0.2) is 18.2 Å². The Morgan fingerprint density at radius 3 is 2.52 bits per heavy atom. The third-order valence-corrected chi connectivity index (χ3v) is 6.36. The van der Waals surface area contributed by atoms with Crippen molar-refractivity contribution < 1.29 is 8.42 Å². The lowest BCUT2D eigenvalue weighted by Gasteiger charge is -2.20. The normalized spacial score (nSPS) is 18.0. The summed E-state index contributed by atoms with van der Waals surface area (Å²) < 4.78 is 25.0. The summed E-state index contributed by atoms with van der Waals surface area (Å²) in [5.74, 6) is 0.937. The number of nitrogens with one attached hydrogen (secondary N) is 1. The van der Waals surface area contributed by atoms with Crippen molar-refractivity contribution in [3.8, 4) is 0 Å². The second-order valence-electron chi connectivity index (χ2n) is 6.43. The summed E-state index contributed by atoms with van der Waals surface area (Å²) in [5, 5.41) is 3.19. The predicted octanol–water partition coefficient (Wildman–Crippen LogP) is 3.17. The largest absolute Gasteiger partial charge is 0.312 e. The molecular formula is C17H27NO2S. The van der Waals surface area contributed by atoms with Gasteiger partial charge >= 0.3 is 0 Å². The monoisotopic (exact) mass is 309 g/mol. The van der Waals surface area contributed by atoms with Gasteiger partial charge in [0.2, 0.25) is 0 Å². The predicted molar refractivity (Wildman–Crippen MR) is 88.3 cm³/mol. The SMILES string of the molecule is CNC(CS(=O)(=O)CC1CCCC1)c1cc(C)ccc1C. The van der Waals surface area contributed by atoms with Crippen LogP contribution in [0.2, 0.25) is 0 Å². The minimum Gasteiger partial charge on any atom is -0.312 e. The van der Waals surface area contributed by atoms with E-state index in [9.17, 15) is 8.42 Å². The molecule has 118 valence electrons. The van der Waals surface area contributed by atoms with Crippen LogP contribution >= 0.6 is 0 Å². The molecule has 1 fully saturated rings. The van der Waals surface area contributed by atoms with Crippen LogP contribution in [0.3, 0.4) is 0 Å². The van der Waals surface area contributed by atoms with Crippen molar-refractivity contribution in [2.24, 2.45) is 5.92 Å². The van der Waals surface area contributed by atoms with E-state index in [1.807, 2.05) is 20.9 Å². The van der Waals surface area contributed by atoms with E-state index in [-0.39, 0.29) is 11.8 Å². The Balaban J connectivity index is 2.12. The molecule has 3 nitrogen and oxygen atoms in total. The highest BCUT2D eigenvalue weighted by molar-refractivity contribution is 7.91. The maximum Gasteiger partial charge on any atom is 0.152 e. The average molecular weight is 309 g/mol. The van der Waals surface area contributed by atoms with Gasteiger partial charge in [-0.15, -0.1) is 0 Å². The molecule has 0 amide bonds. The van der Waals surface area contributed by atoms with E-state index in [0.29, 0.717) is 11.7 Å². The van der Waals surface area contributed by atoms with Gasteiger partial charge in [-0.1, -0.05) is 36.6 Å². The van der Waals surface area contributed by atoms with Crippen molar-refractivity contribution in [1.29, 1.82) is 0 Å². The smallest absolute Gasteiger partial charge is 0.152 e. The van der Waals surface area contributed by atoms with Crippen LogP contribution in [0.4, 0.5) is 0 Å². The van der Waals surface area contributed by atoms with E-state index in [1.165, 1.54) is 18.4 Å². The van der Waals surface area contributed by atoms with Crippen molar-refractivity contribution in [3.63, 3.8) is 0 Å². The summed E-state index contributed by atoms with van der Waals surface area (Å²) in [5.41, 5.74) is 3.42. The number of aryl methyl sites for hydroxylation is 2. The molecule has 1 aliphatic carbocycles. The van der Waals surface area contributed by atoms with Crippen LogP contribution < -0.4 is 5.32 Å². The van der Waals surface area contributed by atoms with Gasteiger partial charge in [0.1, 0.15) is 0 Å². The minimum absolute atomic E-state index is 0.115. The van der Waals surface area contributed by atoms with Crippen LogP contribution in [0.5, 0.6) is 0 Å². The molecule has 21 heavy (non-hydrogen) atoms. The third-order valence-electron chi connectivity index (χ3n) is 4.54. The molecule has 1 unspecified atom stereocenters. The first kappa shape index (κ1) is 16.5. The second-order valence-corrected chi connectivity index (χ2v) is 8.58. The highest BCUT2D eigenvalue weighted by atomic mass is 32.2. The lowest BCUT2D eigenvalue weighted by molar-refractivity contribution is 0.545. The van der Waals surface area contributed by atoms with Crippen molar-refractivity contribution >= 4 is 9.84 Å². The average Bonchev–Trinajstić information content (AvgIpc) is 2.91. The second kappa shape index (κ2) is 6.93. The summed E-state index contributed by atoms with van der Waals surface area (Å²) in [4.78, 5) is 0. The van der Waals surface area contributed by atoms with E-state index >= 15 is 0 Å². The Morgan fingerprint density at radius 2 is 1.90 bits per heavy atom. The van der Waals surface area contributed by atoms with E-state index in [4.69, 9.17) is 0 Å². The summed E-state index contributed by atoms with van der Waals surface area (Å²) >= 11 is 0. The Morgan fingerprint density at radius 1 is 1.24 bits per heavy atom. The van der Waals surface area contributed by atoms with Gasteiger partial charge in [-0.3, -0.25) is 0 Å². The topological polar surface area (TPSA) is 46.2 Å². The van der Waals surface area contributed by atoms with Gasteiger partial charge in [0.15, 0.2) is 9.84 Å². The molecular weight excluding hydrogens is 282 g/mol. The summed E-state index contributed by atoms with van der Waals surface area (Å²) in [6.07, 6.45) is 4.53. The zero-order valence-corrected chi connectivity index (χ0v) is 14.2. The molecule has 0 heterocycles. The van der Waals surface area contributed by atoms with Gasteiger partial charge in [-0.2, -0.15) is 0 Å². The van der Waals surface area contributed by atoms with Crippen molar-refractivity contribution in [3.05, 3.63) is 34.9 Å². The Kier molecular flexibility index (Phi) is 5.44. The maximum atomic E-state index is 12.5. The van der Waals surface area contributed by atoms with Crippen molar-refractivity contribution in [2.45, 2.75) is 45.6 Å². The third kappa shape index (κ3) is 4.55. The molecule has 4 heteroatoms. The minimum atomic E-state index is -3.02. The van der Waals surface area contributed by atoms with E-state index in [1.54, 1.807) is 0 Å². The first-order valence-electron chi connectivity index (χ1n) is 7.86. The molecule has 1 aromatic rings. The molecule has 1 aliphatic rings. The standard InChI is InChI=1S/C17H27NO2S/c1-13-8-9-14(2)16(10-13)17(18-3)12-21(19,20)11-15-6-4-5-7-15/h8-10,15,17-18H,4-7,11-12H2,1-3H3. The molecule has 0 radical (unpaired) electrons. The first-order chi connectivity index (χ1) is 9.91. The fourth-order valence-corrected chi connectivity index (χ4v) is 5.36. The molecule has 0 aliphatic heterocycles. The number of hydrogen-bond donors (Lipinski definition) is 1. The molecule has 0 bridgehead atoms. The van der Waals surface area contributed by atoms with E-state index in [2.05, 4.69) is 23.5 Å². The number of rotatable bonds is 6. The zero-order chi connectivity index (χ0) is 15.5. The molecule has 2 rings (SSSR count). The van der Waals surface area contributed by atoms with Crippen LogP contribution in [-0.4, -0.2) is 27.0 Å². The molecule has 1 N–H and O–H groups in total. The van der Waals surface area contributed by atoms with E-state index < -0.39 is 9.84 Å². The fraction of sp³-hybridized carbons (Fsp3) is 0.647. The van der Waals surface area contributed by atoms with Crippen LogP contribution in [-0.2, 0) is 9.84 Å². The van der Waals surface area contributed by atoms with Gasteiger partial charge in [-0.25, -0.2) is 8.42 Å². The molecule has 0 saturated heterocycles. The van der Waals surface area contributed by atoms with Crippen LogP contribution in [0, 0.1) is 19.8 Å². The quantitative estimate of drug-likeness (QED) is 0.878. The fourth-order valence-electron chi connectivity index (χ4n) is 3.32. The Labute approximate surface area is 129 Å². The van der Waals surface area contributed by atoms with E-state index in [0.717, 1.165) is 24.0 Å². The lowest BCUT2D eigenvalue weighted by Crippen LogP contribution is -2.29. The van der Waals surface area contributed by atoms with Crippen LogP contribution in [0.1, 0.15) is 48.4 Å². The highest BCUT2D eigenvalue weighted by Crippen LogP contribution is 2.28. The Bertz CT molecular complexity index is 574. The molecule has 1 aromatic carbocycles. The molecule has 0 aromatic heterocycles. The highest BCUT2D eigenvalue weighted by Gasteiger charge is 2.26. The van der Waals surface area contributed by atoms with Gasteiger partial charge in [0.05, 0.1) is 11.5 Å². The summed E-state index contributed by atoms with van der Waals surface area (Å²) in [6.45, 7) is 4.09. The number of sulfone groups is 1. The molecule has 1 atom stereocenters. The van der Waals surface area contributed by atoms with Crippen LogP contribution in [0.25, 0.3) is 0 Å². The number of benzene rings is 1. The molecule has 0 spiro atoms. The summed E-state index contributed by atoms with van der Waals surface area (Å²) in [7, 11) is -1.17. The van der Waals surface area contributed by atoms with Gasteiger partial charge in [0, 0.05) is 6.04 Å². The van der Waals surface area contributed by atoms with Gasteiger partial charge in [0.25, 0.3) is 0 Å².